The number of rotatable bonds is 6. The second kappa shape index (κ2) is 6.20. The third kappa shape index (κ3) is 3.10. The maximum absolute atomic E-state index is 13.2. The summed E-state index contributed by atoms with van der Waals surface area (Å²) in [7, 11) is 0.339. The molecule has 0 saturated carbocycles. The normalized spacial score (nSPS) is 12.0. The fourth-order valence-corrected chi connectivity index (χ4v) is 1.98. The summed E-state index contributed by atoms with van der Waals surface area (Å²) in [5.41, 5.74) is 0.315. The molecule has 0 aliphatic rings. The van der Waals surface area contributed by atoms with Crippen molar-refractivity contribution < 1.29 is 22.7 Å². The standard InChI is InChI=1S/C11H16F2O3Si/c1-3-14-11(16-17,15-4-2)8-5-6-9(12)10(13)7-8/h5-7H,3-4H2,1-2,17H3. The van der Waals surface area contributed by atoms with Gasteiger partial charge in [0.05, 0.1) is 0 Å². The third-order valence-electron chi connectivity index (χ3n) is 2.21. The Morgan fingerprint density at radius 2 is 1.71 bits per heavy atom. The number of benzene rings is 1. The quantitative estimate of drug-likeness (QED) is 0.573. The molecule has 1 aromatic rings. The third-order valence-corrected chi connectivity index (χ3v) is 2.75. The second-order valence-corrected chi connectivity index (χ2v) is 3.66. The largest absolute Gasteiger partial charge is 0.376 e. The zero-order valence-electron chi connectivity index (χ0n) is 10.1. The first-order valence-electron chi connectivity index (χ1n) is 5.38. The minimum absolute atomic E-state index is 0.315. The summed E-state index contributed by atoms with van der Waals surface area (Å²) in [6.45, 7) is 4.21. The fraction of sp³-hybridized carbons (Fsp3) is 0.455. The van der Waals surface area contributed by atoms with Gasteiger partial charge in [-0.2, -0.15) is 0 Å². The van der Waals surface area contributed by atoms with E-state index in [1.807, 2.05) is 0 Å². The average Bonchev–Trinajstić information content (AvgIpc) is 2.32. The second-order valence-electron chi connectivity index (χ2n) is 3.26. The molecule has 0 amide bonds. The molecule has 0 saturated heterocycles. The predicted octanol–water partition coefficient (Wildman–Crippen LogP) is 1.45. The highest BCUT2D eigenvalue weighted by atomic mass is 28.2. The first kappa shape index (κ1) is 14.2. The van der Waals surface area contributed by atoms with Crippen molar-refractivity contribution in [2.24, 2.45) is 0 Å². The van der Waals surface area contributed by atoms with E-state index in [1.54, 1.807) is 13.8 Å². The average molecular weight is 262 g/mol. The molecule has 0 spiro atoms. The van der Waals surface area contributed by atoms with Crippen molar-refractivity contribution in [3.8, 4) is 0 Å². The van der Waals surface area contributed by atoms with Crippen molar-refractivity contribution in [3.63, 3.8) is 0 Å². The van der Waals surface area contributed by atoms with Crippen LogP contribution >= 0.6 is 0 Å². The lowest BCUT2D eigenvalue weighted by molar-refractivity contribution is -0.353. The van der Waals surface area contributed by atoms with E-state index in [9.17, 15) is 8.78 Å². The summed E-state index contributed by atoms with van der Waals surface area (Å²) in [6, 6.07) is 3.44. The maximum Gasteiger partial charge on any atom is 0.301 e. The van der Waals surface area contributed by atoms with Gasteiger partial charge in [-0.05, 0) is 32.0 Å². The maximum atomic E-state index is 13.2. The molecule has 0 unspecified atom stereocenters. The van der Waals surface area contributed by atoms with Crippen LogP contribution < -0.4 is 0 Å². The molecule has 0 fully saturated rings. The van der Waals surface area contributed by atoms with E-state index in [0.29, 0.717) is 29.3 Å². The van der Waals surface area contributed by atoms with Crippen molar-refractivity contribution in [1.29, 1.82) is 0 Å². The number of hydrogen-bond donors (Lipinski definition) is 0. The Kier molecular flexibility index (Phi) is 5.19. The van der Waals surface area contributed by atoms with E-state index in [2.05, 4.69) is 0 Å². The molecule has 0 aliphatic carbocycles. The molecule has 96 valence electrons. The summed E-state index contributed by atoms with van der Waals surface area (Å²) < 4.78 is 42.2. The van der Waals surface area contributed by atoms with Gasteiger partial charge in [-0.15, -0.1) is 0 Å². The molecule has 0 bridgehead atoms. The van der Waals surface area contributed by atoms with Crippen molar-refractivity contribution in [2.45, 2.75) is 19.8 Å². The Morgan fingerprint density at radius 1 is 1.12 bits per heavy atom. The van der Waals surface area contributed by atoms with Gasteiger partial charge in [-0.25, -0.2) is 8.78 Å². The topological polar surface area (TPSA) is 27.7 Å². The van der Waals surface area contributed by atoms with E-state index in [4.69, 9.17) is 13.9 Å². The van der Waals surface area contributed by atoms with Crippen molar-refractivity contribution in [3.05, 3.63) is 35.4 Å². The Labute approximate surface area is 102 Å². The van der Waals surface area contributed by atoms with E-state index >= 15 is 0 Å². The summed E-state index contributed by atoms with van der Waals surface area (Å²) in [6.07, 6.45) is 0. The van der Waals surface area contributed by atoms with Crippen LogP contribution in [0.3, 0.4) is 0 Å². The van der Waals surface area contributed by atoms with Gasteiger partial charge in [-0.3, -0.25) is 0 Å². The number of ether oxygens (including phenoxy) is 2. The van der Waals surface area contributed by atoms with Crippen LogP contribution in [0.25, 0.3) is 0 Å². The van der Waals surface area contributed by atoms with Gasteiger partial charge in [0.15, 0.2) is 22.1 Å². The van der Waals surface area contributed by atoms with Crippen LogP contribution in [0.15, 0.2) is 18.2 Å². The Bertz CT molecular complexity index is 368. The van der Waals surface area contributed by atoms with Gasteiger partial charge in [0.25, 0.3) is 0 Å². The van der Waals surface area contributed by atoms with Gasteiger partial charge in [0.2, 0.25) is 0 Å². The van der Waals surface area contributed by atoms with Crippen LogP contribution in [0.4, 0.5) is 8.78 Å². The van der Waals surface area contributed by atoms with Crippen LogP contribution in [0, 0.1) is 11.6 Å². The summed E-state index contributed by atoms with van der Waals surface area (Å²) in [5, 5.41) is 0. The van der Waals surface area contributed by atoms with Crippen LogP contribution in [-0.2, 0) is 19.9 Å². The SMILES string of the molecule is CCOC(O[SiH3])(OCC)c1ccc(F)c(F)c1. The Morgan fingerprint density at radius 3 is 2.12 bits per heavy atom. The van der Waals surface area contributed by atoms with Gasteiger partial charge in [0, 0.05) is 18.8 Å². The predicted molar refractivity (Wildman–Crippen MR) is 62.3 cm³/mol. The van der Waals surface area contributed by atoms with Gasteiger partial charge in [0.1, 0.15) is 0 Å². The van der Waals surface area contributed by atoms with Crippen LogP contribution in [0.5, 0.6) is 0 Å². The van der Waals surface area contributed by atoms with E-state index in [0.717, 1.165) is 12.1 Å². The first-order valence-corrected chi connectivity index (χ1v) is 6.19. The molecule has 0 aliphatic heterocycles. The number of halogens is 2. The van der Waals surface area contributed by atoms with E-state index < -0.39 is 17.6 Å². The van der Waals surface area contributed by atoms with Gasteiger partial charge >= 0.3 is 5.97 Å². The lowest BCUT2D eigenvalue weighted by Crippen LogP contribution is -2.36. The van der Waals surface area contributed by atoms with E-state index in [1.165, 1.54) is 6.07 Å². The molecule has 0 aromatic heterocycles. The smallest absolute Gasteiger partial charge is 0.301 e. The van der Waals surface area contributed by atoms with Crippen molar-refractivity contribution >= 4 is 10.5 Å². The first-order chi connectivity index (χ1) is 8.09. The molecule has 0 radical (unpaired) electrons. The number of hydrogen-bond acceptors (Lipinski definition) is 3. The fourth-order valence-electron chi connectivity index (χ4n) is 1.51. The van der Waals surface area contributed by atoms with Crippen molar-refractivity contribution in [1.82, 2.24) is 0 Å². The van der Waals surface area contributed by atoms with Gasteiger partial charge < -0.3 is 13.9 Å². The Hall–Kier alpha value is -0.823. The summed E-state index contributed by atoms with van der Waals surface area (Å²) in [4.78, 5) is 0. The lowest BCUT2D eigenvalue weighted by atomic mass is 10.2. The highest BCUT2D eigenvalue weighted by molar-refractivity contribution is 5.98. The molecule has 0 N–H and O–H groups in total. The van der Waals surface area contributed by atoms with Gasteiger partial charge in [-0.1, -0.05) is 0 Å². The highest BCUT2D eigenvalue weighted by Crippen LogP contribution is 2.29. The zero-order chi connectivity index (χ0) is 12.9. The van der Waals surface area contributed by atoms with Crippen LogP contribution in [0.1, 0.15) is 19.4 Å². The summed E-state index contributed by atoms with van der Waals surface area (Å²) >= 11 is 0. The minimum Gasteiger partial charge on any atom is -0.376 e. The molecular weight excluding hydrogens is 246 g/mol. The van der Waals surface area contributed by atoms with E-state index in [-0.39, 0.29) is 0 Å². The molecule has 6 heteroatoms. The monoisotopic (exact) mass is 262 g/mol. The zero-order valence-corrected chi connectivity index (χ0v) is 12.1. The molecule has 0 atom stereocenters. The Balaban J connectivity index is 3.14. The highest BCUT2D eigenvalue weighted by Gasteiger charge is 2.34. The minimum atomic E-state index is -1.43. The van der Waals surface area contributed by atoms with Crippen LogP contribution in [0.2, 0.25) is 0 Å². The molecule has 3 nitrogen and oxygen atoms in total. The molecule has 0 heterocycles. The molecule has 1 aromatic carbocycles. The molecule has 17 heavy (non-hydrogen) atoms. The lowest BCUT2D eigenvalue weighted by Gasteiger charge is -2.32. The molecule has 1 rings (SSSR count). The van der Waals surface area contributed by atoms with Crippen LogP contribution in [-0.4, -0.2) is 23.7 Å². The summed E-state index contributed by atoms with van der Waals surface area (Å²) in [5.74, 6) is -3.29. The molecular formula is C11H16F2O3Si. The van der Waals surface area contributed by atoms with Crippen molar-refractivity contribution in [2.75, 3.05) is 13.2 Å².